The minimum Gasteiger partial charge on any atom is -0.294 e. The van der Waals surface area contributed by atoms with Gasteiger partial charge in [0, 0.05) is 17.0 Å². The van der Waals surface area contributed by atoms with Crippen LogP contribution in [0.25, 0.3) is 0 Å². The second-order valence-electron chi connectivity index (χ2n) is 4.01. The van der Waals surface area contributed by atoms with Crippen LogP contribution in [-0.2, 0) is 4.79 Å². The zero-order chi connectivity index (χ0) is 13.3. The molecule has 0 aliphatic heterocycles. The van der Waals surface area contributed by atoms with Gasteiger partial charge in [-0.05, 0) is 31.0 Å². The van der Waals surface area contributed by atoms with Crippen LogP contribution < -0.4 is 0 Å². The Bertz CT molecular complexity index is 564. The standard InChI is InChI=1S/C13H9Cl2FO2/c14-9-2-1-3-11(17)12(9)13(18)8-5-4-7(16)6-10(8)15/h4-6H,1-3H2. The van der Waals surface area contributed by atoms with E-state index in [0.717, 1.165) is 12.1 Å². The van der Waals surface area contributed by atoms with Gasteiger partial charge in [0.05, 0.1) is 10.6 Å². The van der Waals surface area contributed by atoms with E-state index in [4.69, 9.17) is 23.2 Å². The molecule has 0 spiro atoms. The van der Waals surface area contributed by atoms with Crippen molar-refractivity contribution in [2.45, 2.75) is 19.3 Å². The lowest BCUT2D eigenvalue weighted by atomic mass is 9.91. The van der Waals surface area contributed by atoms with Crippen molar-refractivity contribution < 1.29 is 14.0 Å². The summed E-state index contributed by atoms with van der Waals surface area (Å²) in [6, 6.07) is 3.43. The van der Waals surface area contributed by atoms with Gasteiger partial charge in [-0.15, -0.1) is 0 Å². The highest BCUT2D eigenvalue weighted by Crippen LogP contribution is 2.29. The van der Waals surface area contributed by atoms with Gasteiger partial charge in [-0.3, -0.25) is 9.59 Å². The molecule has 1 aromatic rings. The Balaban J connectivity index is 2.45. The zero-order valence-electron chi connectivity index (χ0n) is 9.30. The summed E-state index contributed by atoms with van der Waals surface area (Å²) >= 11 is 11.7. The van der Waals surface area contributed by atoms with Crippen LogP contribution in [-0.4, -0.2) is 11.6 Å². The number of allylic oxidation sites excluding steroid dienone is 2. The third-order valence-corrected chi connectivity index (χ3v) is 3.44. The molecule has 18 heavy (non-hydrogen) atoms. The molecular weight excluding hydrogens is 278 g/mol. The third kappa shape index (κ3) is 2.47. The smallest absolute Gasteiger partial charge is 0.199 e. The van der Waals surface area contributed by atoms with Crippen molar-refractivity contribution in [3.8, 4) is 0 Å². The van der Waals surface area contributed by atoms with Gasteiger partial charge < -0.3 is 0 Å². The molecule has 0 amide bonds. The summed E-state index contributed by atoms with van der Waals surface area (Å²) in [7, 11) is 0. The van der Waals surface area contributed by atoms with Crippen molar-refractivity contribution >= 4 is 34.8 Å². The average Bonchev–Trinajstić information content (AvgIpc) is 2.28. The highest BCUT2D eigenvalue weighted by Gasteiger charge is 2.27. The number of benzene rings is 1. The molecule has 0 heterocycles. The van der Waals surface area contributed by atoms with E-state index in [1.165, 1.54) is 6.07 Å². The molecule has 0 atom stereocenters. The summed E-state index contributed by atoms with van der Waals surface area (Å²) in [5.74, 6) is -1.35. The van der Waals surface area contributed by atoms with Gasteiger partial charge in [0.15, 0.2) is 11.6 Å². The molecule has 0 aromatic heterocycles. The molecule has 1 aliphatic rings. The van der Waals surface area contributed by atoms with Gasteiger partial charge in [0.1, 0.15) is 5.82 Å². The number of rotatable bonds is 2. The minimum atomic E-state index is -0.536. The fraction of sp³-hybridized carbons (Fsp3) is 0.231. The van der Waals surface area contributed by atoms with Crippen molar-refractivity contribution in [3.63, 3.8) is 0 Å². The Kier molecular flexibility index (Phi) is 3.83. The number of ketones is 2. The van der Waals surface area contributed by atoms with E-state index in [9.17, 15) is 14.0 Å². The lowest BCUT2D eigenvalue weighted by Crippen LogP contribution is -2.18. The molecule has 0 saturated heterocycles. The fourth-order valence-electron chi connectivity index (χ4n) is 1.86. The normalized spacial score (nSPS) is 16.1. The largest absolute Gasteiger partial charge is 0.294 e. The lowest BCUT2D eigenvalue weighted by molar-refractivity contribution is -0.115. The summed E-state index contributed by atoms with van der Waals surface area (Å²) in [5.41, 5.74) is 0.0814. The van der Waals surface area contributed by atoms with E-state index < -0.39 is 11.6 Å². The van der Waals surface area contributed by atoms with Crippen LogP contribution in [0.1, 0.15) is 29.6 Å². The molecule has 0 N–H and O–H groups in total. The summed E-state index contributed by atoms with van der Waals surface area (Å²) in [6.45, 7) is 0. The van der Waals surface area contributed by atoms with Gasteiger partial charge >= 0.3 is 0 Å². The number of carbonyl (C=O) groups excluding carboxylic acids is 2. The van der Waals surface area contributed by atoms with Crippen molar-refractivity contribution in [2.75, 3.05) is 0 Å². The molecule has 0 unspecified atom stereocenters. The van der Waals surface area contributed by atoms with E-state index in [1.54, 1.807) is 0 Å². The number of halogens is 3. The van der Waals surface area contributed by atoms with E-state index in [-0.39, 0.29) is 27.0 Å². The van der Waals surface area contributed by atoms with E-state index in [1.807, 2.05) is 0 Å². The van der Waals surface area contributed by atoms with Crippen LogP contribution in [0.3, 0.4) is 0 Å². The van der Waals surface area contributed by atoms with Crippen molar-refractivity contribution in [1.29, 1.82) is 0 Å². The second kappa shape index (κ2) is 5.21. The van der Waals surface area contributed by atoms with Crippen molar-refractivity contribution in [3.05, 3.63) is 45.2 Å². The Morgan fingerprint density at radius 3 is 2.56 bits per heavy atom. The SMILES string of the molecule is O=C1CCCC(Cl)=C1C(=O)c1ccc(F)cc1Cl. The molecule has 0 saturated carbocycles. The summed E-state index contributed by atoms with van der Waals surface area (Å²) < 4.78 is 12.9. The van der Waals surface area contributed by atoms with Crippen LogP contribution in [0.5, 0.6) is 0 Å². The quantitative estimate of drug-likeness (QED) is 0.610. The van der Waals surface area contributed by atoms with E-state index in [0.29, 0.717) is 19.3 Å². The predicted molar refractivity (Wildman–Crippen MR) is 67.5 cm³/mol. The first-order valence-corrected chi connectivity index (χ1v) is 6.18. The van der Waals surface area contributed by atoms with Crippen LogP contribution in [0.15, 0.2) is 28.8 Å². The minimum absolute atomic E-state index is 0.0172. The molecule has 94 valence electrons. The predicted octanol–water partition coefficient (Wildman–Crippen LogP) is 3.91. The van der Waals surface area contributed by atoms with Gasteiger partial charge in [-0.2, -0.15) is 0 Å². The van der Waals surface area contributed by atoms with Gasteiger partial charge in [-0.25, -0.2) is 4.39 Å². The Morgan fingerprint density at radius 1 is 1.22 bits per heavy atom. The maximum absolute atomic E-state index is 12.9. The van der Waals surface area contributed by atoms with E-state index >= 15 is 0 Å². The number of Topliss-reactive ketones (excluding diaryl/α,β-unsaturated/α-hetero) is 2. The summed E-state index contributed by atoms with van der Waals surface area (Å²) in [6.07, 6.45) is 1.45. The molecule has 2 nitrogen and oxygen atoms in total. The van der Waals surface area contributed by atoms with Crippen LogP contribution in [0, 0.1) is 5.82 Å². The Hall–Kier alpha value is -1.19. The fourth-order valence-corrected chi connectivity index (χ4v) is 2.44. The molecule has 5 heteroatoms. The first kappa shape index (κ1) is 13.2. The highest BCUT2D eigenvalue weighted by molar-refractivity contribution is 6.42. The zero-order valence-corrected chi connectivity index (χ0v) is 10.8. The van der Waals surface area contributed by atoms with Crippen molar-refractivity contribution in [2.24, 2.45) is 0 Å². The molecule has 0 fully saturated rings. The highest BCUT2D eigenvalue weighted by atomic mass is 35.5. The molecule has 0 radical (unpaired) electrons. The first-order chi connectivity index (χ1) is 8.50. The van der Waals surface area contributed by atoms with Crippen LogP contribution in [0.2, 0.25) is 5.02 Å². The Labute approximate surface area is 113 Å². The number of carbonyl (C=O) groups is 2. The molecule has 1 aromatic carbocycles. The Morgan fingerprint density at radius 2 is 1.94 bits per heavy atom. The molecular formula is C13H9Cl2FO2. The summed E-state index contributed by atoms with van der Waals surface area (Å²) in [5, 5.41) is 0.243. The van der Waals surface area contributed by atoms with Gasteiger partial charge in [0.2, 0.25) is 0 Å². The van der Waals surface area contributed by atoms with E-state index in [2.05, 4.69) is 0 Å². The number of hydrogen-bond donors (Lipinski definition) is 0. The van der Waals surface area contributed by atoms with Gasteiger partial charge in [-0.1, -0.05) is 23.2 Å². The van der Waals surface area contributed by atoms with Crippen LogP contribution in [0.4, 0.5) is 4.39 Å². The summed E-state index contributed by atoms with van der Waals surface area (Å²) in [4.78, 5) is 23.9. The molecule has 0 bridgehead atoms. The monoisotopic (exact) mass is 286 g/mol. The third-order valence-electron chi connectivity index (χ3n) is 2.75. The first-order valence-electron chi connectivity index (χ1n) is 5.42. The van der Waals surface area contributed by atoms with Gasteiger partial charge in [0.25, 0.3) is 0 Å². The maximum Gasteiger partial charge on any atom is 0.199 e. The van der Waals surface area contributed by atoms with Crippen molar-refractivity contribution in [1.82, 2.24) is 0 Å². The van der Waals surface area contributed by atoms with Crippen LogP contribution >= 0.6 is 23.2 Å². The topological polar surface area (TPSA) is 34.1 Å². The number of hydrogen-bond acceptors (Lipinski definition) is 2. The molecule has 1 aliphatic carbocycles. The second-order valence-corrected chi connectivity index (χ2v) is 4.87. The maximum atomic E-state index is 12.9. The average molecular weight is 287 g/mol. The molecule has 2 rings (SSSR count). The lowest BCUT2D eigenvalue weighted by Gasteiger charge is -2.14.